The molecule has 7 heteroatoms. The largest absolute Gasteiger partial charge is 0.338 e. The van der Waals surface area contributed by atoms with E-state index in [4.69, 9.17) is 0 Å². The van der Waals surface area contributed by atoms with E-state index in [-0.39, 0.29) is 5.69 Å². The third-order valence-corrected chi connectivity index (χ3v) is 3.03. The first-order chi connectivity index (χ1) is 8.06. The molecule has 2 aromatic rings. The molecule has 0 radical (unpaired) electrons. The second kappa shape index (κ2) is 4.70. The Morgan fingerprint density at radius 2 is 2.24 bits per heavy atom. The van der Waals surface area contributed by atoms with Gasteiger partial charge in [0.2, 0.25) is 0 Å². The van der Waals surface area contributed by atoms with Gasteiger partial charge in [0, 0.05) is 35.0 Å². The number of nitro benzene ring substituents is 1. The van der Waals surface area contributed by atoms with E-state index >= 15 is 0 Å². The summed E-state index contributed by atoms with van der Waals surface area (Å²) >= 11 is 2.05. The maximum Gasteiger partial charge on any atom is 0.270 e. The summed E-state index contributed by atoms with van der Waals surface area (Å²) in [6.45, 7) is 0. The molecule has 0 fully saturated rings. The van der Waals surface area contributed by atoms with Crippen LogP contribution in [-0.4, -0.2) is 14.7 Å². The third-order valence-electron chi connectivity index (χ3n) is 2.14. The molecule has 1 aromatic heterocycles. The molecule has 0 amide bonds. The first kappa shape index (κ1) is 11.8. The van der Waals surface area contributed by atoms with Gasteiger partial charge in [-0.05, 0) is 28.7 Å². The van der Waals surface area contributed by atoms with E-state index in [1.54, 1.807) is 10.7 Å². The summed E-state index contributed by atoms with van der Waals surface area (Å²) < 4.78 is 2.46. The second-order valence-electron chi connectivity index (χ2n) is 3.42. The van der Waals surface area contributed by atoms with E-state index in [0.29, 0.717) is 5.82 Å². The lowest BCUT2D eigenvalue weighted by atomic mass is 10.3. The molecule has 0 atom stereocenters. The van der Waals surface area contributed by atoms with Gasteiger partial charge in [-0.15, -0.1) is 0 Å². The monoisotopic (exact) mass is 344 g/mol. The predicted octanol–water partition coefficient (Wildman–Crippen LogP) is 2.68. The lowest BCUT2D eigenvalue weighted by molar-refractivity contribution is -0.384. The molecule has 2 rings (SSSR count). The number of hydrogen-bond acceptors (Lipinski definition) is 4. The average molecular weight is 344 g/mol. The first-order valence-electron chi connectivity index (χ1n) is 4.77. The molecule has 1 aromatic carbocycles. The summed E-state index contributed by atoms with van der Waals surface area (Å²) in [5.41, 5.74) is 0.885. The Labute approximate surface area is 111 Å². The number of benzene rings is 1. The van der Waals surface area contributed by atoms with Crippen LogP contribution in [0.3, 0.4) is 0 Å². The van der Waals surface area contributed by atoms with Gasteiger partial charge in [-0.25, -0.2) is 0 Å². The third kappa shape index (κ3) is 2.73. The molecule has 6 nitrogen and oxygen atoms in total. The Balaban J connectivity index is 2.25. The molecule has 0 saturated carbocycles. The van der Waals surface area contributed by atoms with Crippen LogP contribution in [-0.2, 0) is 7.05 Å². The highest BCUT2D eigenvalue weighted by atomic mass is 127. The minimum absolute atomic E-state index is 0.0842. The molecule has 0 aliphatic rings. The lowest BCUT2D eigenvalue weighted by Gasteiger charge is -2.05. The van der Waals surface area contributed by atoms with Gasteiger partial charge in [0.25, 0.3) is 5.69 Å². The van der Waals surface area contributed by atoms with Gasteiger partial charge >= 0.3 is 0 Å². The SMILES string of the molecule is Cn1ccc(Nc2ccc([N+](=O)[O-])cc2I)n1. The highest BCUT2D eigenvalue weighted by Crippen LogP contribution is 2.25. The number of aromatic nitrogens is 2. The number of nitrogens with zero attached hydrogens (tertiary/aromatic N) is 3. The van der Waals surface area contributed by atoms with Crippen molar-refractivity contribution in [3.63, 3.8) is 0 Å². The van der Waals surface area contributed by atoms with Crippen LogP contribution < -0.4 is 5.32 Å². The Morgan fingerprint density at radius 3 is 2.76 bits per heavy atom. The van der Waals surface area contributed by atoms with Gasteiger partial charge in [-0.1, -0.05) is 0 Å². The summed E-state index contributed by atoms with van der Waals surface area (Å²) in [6, 6.07) is 6.49. The number of aryl methyl sites for hydroxylation is 1. The molecule has 0 bridgehead atoms. The Bertz CT molecular complexity index is 567. The van der Waals surface area contributed by atoms with E-state index in [1.165, 1.54) is 12.1 Å². The Morgan fingerprint density at radius 1 is 1.47 bits per heavy atom. The van der Waals surface area contributed by atoms with E-state index < -0.39 is 4.92 Å². The fourth-order valence-electron chi connectivity index (χ4n) is 1.34. The minimum Gasteiger partial charge on any atom is -0.338 e. The predicted molar refractivity (Wildman–Crippen MR) is 72.3 cm³/mol. The minimum atomic E-state index is -0.410. The van der Waals surface area contributed by atoms with Crippen molar-refractivity contribution in [2.75, 3.05) is 5.32 Å². The van der Waals surface area contributed by atoms with Gasteiger partial charge in [0.1, 0.15) is 0 Å². The van der Waals surface area contributed by atoms with Crippen molar-refractivity contribution in [2.45, 2.75) is 0 Å². The van der Waals surface area contributed by atoms with Crippen LogP contribution in [0.15, 0.2) is 30.5 Å². The van der Waals surface area contributed by atoms with Gasteiger partial charge in [0.05, 0.1) is 10.6 Å². The highest BCUT2D eigenvalue weighted by molar-refractivity contribution is 14.1. The molecule has 0 aliphatic heterocycles. The fourth-order valence-corrected chi connectivity index (χ4v) is 1.97. The van der Waals surface area contributed by atoms with Crippen LogP contribution >= 0.6 is 22.6 Å². The van der Waals surface area contributed by atoms with Gasteiger partial charge in [-0.3, -0.25) is 14.8 Å². The van der Waals surface area contributed by atoms with Crippen molar-refractivity contribution < 1.29 is 4.92 Å². The second-order valence-corrected chi connectivity index (χ2v) is 4.58. The number of non-ortho nitro benzene ring substituents is 1. The van der Waals surface area contributed by atoms with Crippen molar-refractivity contribution in [1.29, 1.82) is 0 Å². The molecular weight excluding hydrogens is 335 g/mol. The van der Waals surface area contributed by atoms with Crippen molar-refractivity contribution in [2.24, 2.45) is 7.05 Å². The molecule has 88 valence electrons. The number of nitro groups is 1. The quantitative estimate of drug-likeness (QED) is 0.528. The number of anilines is 2. The van der Waals surface area contributed by atoms with Crippen LogP contribution in [0.4, 0.5) is 17.2 Å². The summed E-state index contributed by atoms with van der Waals surface area (Å²) in [7, 11) is 1.83. The topological polar surface area (TPSA) is 73.0 Å². The summed E-state index contributed by atoms with van der Waals surface area (Å²) in [4.78, 5) is 10.2. The Hall–Kier alpha value is -1.64. The summed E-state index contributed by atoms with van der Waals surface area (Å²) in [6.07, 6.45) is 1.82. The van der Waals surface area contributed by atoms with Crippen LogP contribution in [0.1, 0.15) is 0 Å². The molecule has 0 unspecified atom stereocenters. The number of hydrogen-bond donors (Lipinski definition) is 1. The summed E-state index contributed by atoms with van der Waals surface area (Å²) in [5.74, 6) is 0.708. The van der Waals surface area contributed by atoms with Gasteiger partial charge in [0.15, 0.2) is 5.82 Å². The molecule has 0 saturated heterocycles. The van der Waals surface area contributed by atoms with Crippen LogP contribution in [0.25, 0.3) is 0 Å². The van der Waals surface area contributed by atoms with Crippen LogP contribution in [0.2, 0.25) is 0 Å². The molecule has 1 heterocycles. The molecule has 1 N–H and O–H groups in total. The zero-order valence-corrected chi connectivity index (χ0v) is 11.1. The fraction of sp³-hybridized carbons (Fsp3) is 0.100. The van der Waals surface area contributed by atoms with Crippen molar-refractivity contribution in [3.05, 3.63) is 44.1 Å². The highest BCUT2D eigenvalue weighted by Gasteiger charge is 2.09. The van der Waals surface area contributed by atoms with E-state index in [2.05, 4.69) is 33.0 Å². The zero-order chi connectivity index (χ0) is 12.4. The average Bonchev–Trinajstić information content (AvgIpc) is 2.67. The normalized spacial score (nSPS) is 10.2. The molecule has 0 aliphatic carbocycles. The van der Waals surface area contributed by atoms with Gasteiger partial charge in [-0.2, -0.15) is 5.10 Å². The first-order valence-corrected chi connectivity index (χ1v) is 5.85. The van der Waals surface area contributed by atoms with Crippen molar-refractivity contribution in [3.8, 4) is 0 Å². The number of halogens is 1. The summed E-state index contributed by atoms with van der Waals surface area (Å²) in [5, 5.41) is 17.9. The maximum atomic E-state index is 10.6. The standard InChI is InChI=1S/C10H9IN4O2/c1-14-5-4-10(13-14)12-9-3-2-7(15(16)17)6-8(9)11/h2-6H,1H3,(H,12,13). The smallest absolute Gasteiger partial charge is 0.270 e. The van der Waals surface area contributed by atoms with E-state index in [9.17, 15) is 10.1 Å². The lowest BCUT2D eigenvalue weighted by Crippen LogP contribution is -1.97. The van der Waals surface area contributed by atoms with Crippen molar-refractivity contribution in [1.82, 2.24) is 9.78 Å². The van der Waals surface area contributed by atoms with Crippen LogP contribution in [0, 0.1) is 13.7 Å². The zero-order valence-electron chi connectivity index (χ0n) is 8.92. The van der Waals surface area contributed by atoms with Gasteiger partial charge < -0.3 is 5.32 Å². The van der Waals surface area contributed by atoms with E-state index in [1.807, 2.05) is 19.3 Å². The van der Waals surface area contributed by atoms with E-state index in [0.717, 1.165) is 9.26 Å². The Kier molecular flexibility index (Phi) is 3.27. The number of rotatable bonds is 3. The molecule has 0 spiro atoms. The molecular formula is C10H9IN4O2. The molecule has 17 heavy (non-hydrogen) atoms. The van der Waals surface area contributed by atoms with Crippen molar-refractivity contribution >= 4 is 39.8 Å². The maximum absolute atomic E-state index is 10.6. The van der Waals surface area contributed by atoms with Crippen LogP contribution in [0.5, 0.6) is 0 Å². The number of nitrogens with one attached hydrogen (secondary N) is 1.